The van der Waals surface area contributed by atoms with Crippen molar-refractivity contribution < 1.29 is 14.6 Å². The molecular formula is C15H22O3. The molecule has 2 N–H and O–H groups in total. The van der Waals surface area contributed by atoms with Crippen molar-refractivity contribution in [1.29, 1.82) is 0 Å². The standard InChI is InChI=1S/C15H22O3/c1-8-7-18-12-6-10-4-5-11(16)9(2)15(10,3)14(17)13(8)12/h7,9-11,14,16-17H,4-6H2,1-3H3/t9-,10-,11-,14-,15+/m0/s1. The number of fused-ring (bicyclic) bond motifs is 2. The van der Waals surface area contributed by atoms with Gasteiger partial charge < -0.3 is 14.6 Å². The van der Waals surface area contributed by atoms with E-state index in [1.54, 1.807) is 6.26 Å². The number of hydrogen-bond donors (Lipinski definition) is 2. The van der Waals surface area contributed by atoms with Crippen LogP contribution in [0.1, 0.15) is 49.7 Å². The summed E-state index contributed by atoms with van der Waals surface area (Å²) in [5, 5.41) is 20.9. The van der Waals surface area contributed by atoms with E-state index >= 15 is 0 Å². The summed E-state index contributed by atoms with van der Waals surface area (Å²) in [6.07, 6.45) is 3.63. The topological polar surface area (TPSA) is 53.6 Å². The van der Waals surface area contributed by atoms with Gasteiger partial charge in [0.15, 0.2) is 0 Å². The first kappa shape index (κ1) is 12.2. The van der Waals surface area contributed by atoms with E-state index in [1.807, 2.05) is 6.92 Å². The fourth-order valence-corrected chi connectivity index (χ4v) is 4.08. The summed E-state index contributed by atoms with van der Waals surface area (Å²) in [5.74, 6) is 1.48. The van der Waals surface area contributed by atoms with Crippen molar-refractivity contribution in [3.63, 3.8) is 0 Å². The van der Waals surface area contributed by atoms with Gasteiger partial charge in [0, 0.05) is 17.4 Å². The third-order valence-corrected chi connectivity index (χ3v) is 5.65. The van der Waals surface area contributed by atoms with Crippen molar-refractivity contribution in [2.24, 2.45) is 17.3 Å². The highest BCUT2D eigenvalue weighted by Gasteiger charge is 2.54. The van der Waals surface area contributed by atoms with Gasteiger partial charge in [-0.25, -0.2) is 0 Å². The van der Waals surface area contributed by atoms with Crippen LogP contribution >= 0.6 is 0 Å². The second-order valence-electron chi connectivity index (χ2n) is 6.36. The van der Waals surface area contributed by atoms with Crippen LogP contribution in [0.5, 0.6) is 0 Å². The minimum absolute atomic E-state index is 0.119. The summed E-state index contributed by atoms with van der Waals surface area (Å²) in [4.78, 5) is 0. The molecule has 1 saturated carbocycles. The highest BCUT2D eigenvalue weighted by molar-refractivity contribution is 5.34. The normalized spacial score (nSPS) is 43.4. The first-order valence-electron chi connectivity index (χ1n) is 6.89. The van der Waals surface area contributed by atoms with Crippen molar-refractivity contribution in [2.45, 2.75) is 52.2 Å². The van der Waals surface area contributed by atoms with Crippen LogP contribution in [0.15, 0.2) is 10.7 Å². The van der Waals surface area contributed by atoms with Crippen LogP contribution in [0.4, 0.5) is 0 Å². The van der Waals surface area contributed by atoms with Gasteiger partial charge in [-0.15, -0.1) is 0 Å². The molecule has 100 valence electrons. The van der Waals surface area contributed by atoms with E-state index in [0.717, 1.165) is 36.1 Å². The molecule has 3 rings (SSSR count). The molecule has 1 aromatic rings. The molecule has 2 aliphatic rings. The number of hydrogen-bond acceptors (Lipinski definition) is 3. The summed E-state index contributed by atoms with van der Waals surface area (Å²) < 4.78 is 5.59. The van der Waals surface area contributed by atoms with Crippen LogP contribution in [0.25, 0.3) is 0 Å². The minimum atomic E-state index is -0.519. The van der Waals surface area contributed by atoms with E-state index in [4.69, 9.17) is 4.42 Å². The maximum absolute atomic E-state index is 10.8. The zero-order valence-corrected chi connectivity index (χ0v) is 11.3. The monoisotopic (exact) mass is 250 g/mol. The first-order chi connectivity index (χ1) is 8.46. The quantitative estimate of drug-likeness (QED) is 0.744. The second kappa shape index (κ2) is 3.84. The average molecular weight is 250 g/mol. The molecule has 1 fully saturated rings. The smallest absolute Gasteiger partial charge is 0.110 e. The molecule has 18 heavy (non-hydrogen) atoms. The van der Waals surface area contributed by atoms with Crippen molar-refractivity contribution in [3.05, 3.63) is 23.2 Å². The Labute approximate surface area is 108 Å². The Balaban J connectivity index is 2.09. The molecule has 0 radical (unpaired) electrons. The lowest BCUT2D eigenvalue weighted by Gasteiger charge is -2.53. The van der Waals surface area contributed by atoms with Crippen molar-refractivity contribution in [2.75, 3.05) is 0 Å². The lowest BCUT2D eigenvalue weighted by Crippen LogP contribution is -2.51. The van der Waals surface area contributed by atoms with E-state index in [-0.39, 0.29) is 17.4 Å². The molecule has 0 aliphatic heterocycles. The summed E-state index contributed by atoms with van der Waals surface area (Å²) in [5.41, 5.74) is 1.76. The van der Waals surface area contributed by atoms with Crippen molar-refractivity contribution in [3.8, 4) is 0 Å². The molecular weight excluding hydrogens is 228 g/mol. The Morgan fingerprint density at radius 1 is 1.33 bits per heavy atom. The SMILES string of the molecule is Cc1coc2c1[C@H](O)[C@@]1(C)[C@@H](CC[C@H](O)[C@@H]1C)C2. The predicted octanol–water partition coefficient (Wildman–Crippen LogP) is 2.59. The van der Waals surface area contributed by atoms with Gasteiger partial charge in [0.25, 0.3) is 0 Å². The highest BCUT2D eigenvalue weighted by atomic mass is 16.3. The van der Waals surface area contributed by atoms with Crippen LogP contribution in [-0.4, -0.2) is 16.3 Å². The fourth-order valence-electron chi connectivity index (χ4n) is 4.08. The maximum atomic E-state index is 10.8. The number of rotatable bonds is 0. The molecule has 1 aromatic heterocycles. The molecule has 0 spiro atoms. The van der Waals surface area contributed by atoms with Crippen molar-refractivity contribution in [1.82, 2.24) is 0 Å². The summed E-state index contributed by atoms with van der Waals surface area (Å²) in [7, 11) is 0. The zero-order valence-electron chi connectivity index (χ0n) is 11.3. The summed E-state index contributed by atoms with van der Waals surface area (Å²) in [6, 6.07) is 0. The molecule has 3 heteroatoms. The average Bonchev–Trinajstić information content (AvgIpc) is 2.70. The molecule has 5 atom stereocenters. The van der Waals surface area contributed by atoms with Gasteiger partial charge >= 0.3 is 0 Å². The first-order valence-corrected chi connectivity index (χ1v) is 6.89. The van der Waals surface area contributed by atoms with Crippen LogP contribution in [0, 0.1) is 24.2 Å². The van der Waals surface area contributed by atoms with Gasteiger partial charge in [-0.05, 0) is 37.2 Å². The van der Waals surface area contributed by atoms with E-state index in [9.17, 15) is 10.2 Å². The molecule has 1 heterocycles. The van der Waals surface area contributed by atoms with Crippen LogP contribution < -0.4 is 0 Å². The summed E-state index contributed by atoms with van der Waals surface area (Å²) >= 11 is 0. The van der Waals surface area contributed by atoms with Gasteiger partial charge in [-0.2, -0.15) is 0 Å². The lowest BCUT2D eigenvalue weighted by atomic mass is 9.53. The van der Waals surface area contributed by atoms with E-state index < -0.39 is 6.10 Å². The Bertz CT molecular complexity index is 464. The lowest BCUT2D eigenvalue weighted by molar-refractivity contribution is -0.128. The molecule has 0 bridgehead atoms. The van der Waals surface area contributed by atoms with Crippen LogP contribution in [-0.2, 0) is 6.42 Å². The number of aryl methyl sites for hydroxylation is 1. The summed E-state index contributed by atoms with van der Waals surface area (Å²) in [6.45, 7) is 6.18. The maximum Gasteiger partial charge on any atom is 0.110 e. The Hall–Kier alpha value is -0.800. The third kappa shape index (κ3) is 1.38. The minimum Gasteiger partial charge on any atom is -0.469 e. The van der Waals surface area contributed by atoms with Gasteiger partial charge in [-0.1, -0.05) is 13.8 Å². The van der Waals surface area contributed by atoms with Crippen LogP contribution in [0.2, 0.25) is 0 Å². The molecule has 0 aromatic carbocycles. The number of aliphatic hydroxyl groups excluding tert-OH is 2. The third-order valence-electron chi connectivity index (χ3n) is 5.65. The molecule has 3 nitrogen and oxygen atoms in total. The second-order valence-corrected chi connectivity index (χ2v) is 6.36. The van der Waals surface area contributed by atoms with Crippen molar-refractivity contribution >= 4 is 0 Å². The molecule has 2 aliphatic carbocycles. The molecule has 0 saturated heterocycles. The Kier molecular flexibility index (Phi) is 2.62. The van der Waals surface area contributed by atoms with Gasteiger partial charge in [-0.3, -0.25) is 0 Å². The van der Waals surface area contributed by atoms with E-state index in [0.29, 0.717) is 5.92 Å². The largest absolute Gasteiger partial charge is 0.469 e. The Morgan fingerprint density at radius 3 is 2.78 bits per heavy atom. The van der Waals surface area contributed by atoms with E-state index in [1.165, 1.54) is 0 Å². The number of furan rings is 1. The van der Waals surface area contributed by atoms with Gasteiger partial charge in [0.2, 0.25) is 0 Å². The number of aliphatic hydroxyl groups is 2. The Morgan fingerprint density at radius 2 is 2.06 bits per heavy atom. The zero-order chi connectivity index (χ0) is 13.1. The van der Waals surface area contributed by atoms with E-state index in [2.05, 4.69) is 13.8 Å². The highest BCUT2D eigenvalue weighted by Crippen LogP contribution is 2.57. The fraction of sp³-hybridized carbons (Fsp3) is 0.733. The molecule has 0 amide bonds. The van der Waals surface area contributed by atoms with Gasteiger partial charge in [0.1, 0.15) is 5.76 Å². The van der Waals surface area contributed by atoms with Crippen LogP contribution in [0.3, 0.4) is 0 Å². The van der Waals surface area contributed by atoms with Gasteiger partial charge in [0.05, 0.1) is 18.5 Å². The molecule has 0 unspecified atom stereocenters. The predicted molar refractivity (Wildman–Crippen MR) is 68.1 cm³/mol.